The molecule has 9 heteroatoms. The summed E-state index contributed by atoms with van der Waals surface area (Å²) in [5.74, 6) is -0.0515. The van der Waals surface area contributed by atoms with E-state index in [0.29, 0.717) is 45.6 Å². The van der Waals surface area contributed by atoms with Crippen molar-refractivity contribution < 1.29 is 4.79 Å². The van der Waals surface area contributed by atoms with E-state index in [0.717, 1.165) is 37.4 Å². The summed E-state index contributed by atoms with van der Waals surface area (Å²) in [5.41, 5.74) is 2.03. The Morgan fingerprint density at radius 2 is 1.49 bits per heavy atom. The van der Waals surface area contributed by atoms with Gasteiger partial charge in [-0.25, -0.2) is 0 Å². The predicted octanol–water partition coefficient (Wildman–Crippen LogP) is 2.09. The molecule has 35 heavy (non-hydrogen) atoms. The van der Waals surface area contributed by atoms with Gasteiger partial charge in [-0.1, -0.05) is 12.1 Å². The SMILES string of the molecule is CC(NCCCN(Cc1ccccn1)Cc1ccccn1)C(=O)NCCN(CCC#N)CCC#N. The number of hydrogen-bond acceptors (Lipinski definition) is 8. The highest BCUT2D eigenvalue weighted by Gasteiger charge is 2.13. The second kappa shape index (κ2) is 17.1. The Morgan fingerprint density at radius 3 is 2.00 bits per heavy atom. The number of aromatic nitrogens is 2. The molecule has 1 amide bonds. The van der Waals surface area contributed by atoms with Gasteiger partial charge in [0, 0.05) is 71.0 Å². The maximum atomic E-state index is 12.4. The highest BCUT2D eigenvalue weighted by atomic mass is 16.2. The molecule has 0 aliphatic carbocycles. The highest BCUT2D eigenvalue weighted by Crippen LogP contribution is 2.07. The quantitative estimate of drug-likeness (QED) is 0.333. The molecule has 9 nitrogen and oxygen atoms in total. The summed E-state index contributed by atoms with van der Waals surface area (Å²) in [6.45, 7) is 7.22. The van der Waals surface area contributed by atoms with Crippen LogP contribution < -0.4 is 10.6 Å². The molecule has 2 N–H and O–H groups in total. The molecule has 0 aliphatic heterocycles. The van der Waals surface area contributed by atoms with E-state index in [1.807, 2.05) is 60.6 Å². The fraction of sp³-hybridized carbons (Fsp3) is 0.500. The lowest BCUT2D eigenvalue weighted by Gasteiger charge is -2.23. The van der Waals surface area contributed by atoms with E-state index in [1.54, 1.807) is 0 Å². The predicted molar refractivity (Wildman–Crippen MR) is 135 cm³/mol. The first-order chi connectivity index (χ1) is 17.1. The molecule has 0 spiro atoms. The monoisotopic (exact) mass is 476 g/mol. The van der Waals surface area contributed by atoms with Gasteiger partial charge in [0.05, 0.1) is 29.6 Å². The van der Waals surface area contributed by atoms with Gasteiger partial charge in [-0.15, -0.1) is 0 Å². The van der Waals surface area contributed by atoms with Gasteiger partial charge in [-0.2, -0.15) is 10.5 Å². The molecule has 2 heterocycles. The maximum absolute atomic E-state index is 12.4. The van der Waals surface area contributed by atoms with Crippen LogP contribution in [0.3, 0.4) is 0 Å². The standard InChI is InChI=1S/C26H36N8O/c1-23(26(35)32-16-20-33(17-6-11-27)18-7-12-28)29-15-8-19-34(21-24-9-2-4-13-30-24)22-25-10-3-5-14-31-25/h2-5,9-10,13-14,23,29H,6-8,15-22H2,1H3,(H,32,35). The lowest BCUT2D eigenvalue weighted by molar-refractivity contribution is -0.122. The van der Waals surface area contributed by atoms with Crippen molar-refractivity contribution in [1.29, 1.82) is 10.5 Å². The summed E-state index contributed by atoms with van der Waals surface area (Å²) in [6, 6.07) is 15.8. The van der Waals surface area contributed by atoms with Crippen molar-refractivity contribution in [3.05, 3.63) is 60.2 Å². The first-order valence-corrected chi connectivity index (χ1v) is 12.1. The second-order valence-electron chi connectivity index (χ2n) is 8.33. The van der Waals surface area contributed by atoms with Crippen molar-refractivity contribution in [1.82, 2.24) is 30.4 Å². The van der Waals surface area contributed by atoms with Gasteiger partial charge in [0.1, 0.15) is 0 Å². The number of nitrogens with zero attached hydrogens (tertiary/aromatic N) is 6. The molecule has 1 atom stereocenters. The van der Waals surface area contributed by atoms with Crippen molar-refractivity contribution in [3.63, 3.8) is 0 Å². The van der Waals surface area contributed by atoms with E-state index in [2.05, 4.69) is 37.6 Å². The molecule has 0 radical (unpaired) electrons. The Labute approximate surface area is 208 Å². The van der Waals surface area contributed by atoms with E-state index >= 15 is 0 Å². The number of pyridine rings is 2. The summed E-state index contributed by atoms with van der Waals surface area (Å²) in [7, 11) is 0. The molecule has 2 aromatic rings. The first-order valence-electron chi connectivity index (χ1n) is 12.1. The van der Waals surface area contributed by atoms with E-state index in [4.69, 9.17) is 10.5 Å². The molecular weight excluding hydrogens is 440 g/mol. The minimum Gasteiger partial charge on any atom is -0.353 e. The number of nitrogens with one attached hydrogen (secondary N) is 2. The smallest absolute Gasteiger partial charge is 0.236 e. The topological polar surface area (TPSA) is 121 Å². The normalized spacial score (nSPS) is 11.7. The second-order valence-corrected chi connectivity index (χ2v) is 8.33. The molecule has 0 fully saturated rings. The molecule has 0 aliphatic rings. The van der Waals surface area contributed by atoms with Crippen LogP contribution in [0.15, 0.2) is 48.8 Å². The maximum Gasteiger partial charge on any atom is 0.236 e. The van der Waals surface area contributed by atoms with Crippen LogP contribution >= 0.6 is 0 Å². The zero-order valence-electron chi connectivity index (χ0n) is 20.6. The van der Waals surface area contributed by atoms with Gasteiger partial charge in [0.25, 0.3) is 0 Å². The van der Waals surface area contributed by atoms with Gasteiger partial charge >= 0.3 is 0 Å². The van der Waals surface area contributed by atoms with Crippen LogP contribution in [0.2, 0.25) is 0 Å². The summed E-state index contributed by atoms with van der Waals surface area (Å²) in [6.07, 6.45) is 5.32. The van der Waals surface area contributed by atoms with Crippen LogP contribution in [0, 0.1) is 22.7 Å². The molecule has 0 aromatic carbocycles. The van der Waals surface area contributed by atoms with Crippen LogP contribution in [0.1, 0.15) is 37.6 Å². The summed E-state index contributed by atoms with van der Waals surface area (Å²) < 4.78 is 0. The Bertz CT molecular complexity index is 866. The van der Waals surface area contributed by atoms with Crippen molar-refractivity contribution in [3.8, 4) is 12.1 Å². The molecular formula is C26H36N8O. The average Bonchev–Trinajstić information content (AvgIpc) is 2.88. The number of amides is 1. The van der Waals surface area contributed by atoms with Gasteiger partial charge < -0.3 is 10.6 Å². The summed E-state index contributed by atoms with van der Waals surface area (Å²) >= 11 is 0. The molecule has 1 unspecified atom stereocenters. The molecule has 0 bridgehead atoms. The minimum absolute atomic E-state index is 0.0515. The number of carbonyl (C=O) groups is 1. The number of carbonyl (C=O) groups excluding carboxylic acids is 1. The third-order valence-electron chi connectivity index (χ3n) is 5.53. The lowest BCUT2D eigenvalue weighted by Crippen LogP contribution is -2.45. The fourth-order valence-corrected chi connectivity index (χ4v) is 3.61. The molecule has 2 rings (SSSR count). The van der Waals surface area contributed by atoms with Crippen LogP contribution in [0.5, 0.6) is 0 Å². The summed E-state index contributed by atoms with van der Waals surface area (Å²) in [4.78, 5) is 25.7. The van der Waals surface area contributed by atoms with E-state index in [9.17, 15) is 4.79 Å². The van der Waals surface area contributed by atoms with Crippen molar-refractivity contribution in [2.75, 3.05) is 39.3 Å². The molecule has 0 saturated heterocycles. The Hall–Kier alpha value is -3.37. The lowest BCUT2D eigenvalue weighted by atomic mass is 10.2. The zero-order chi connectivity index (χ0) is 25.1. The Balaban J connectivity index is 1.72. The third-order valence-corrected chi connectivity index (χ3v) is 5.53. The number of hydrogen-bond donors (Lipinski definition) is 2. The van der Waals surface area contributed by atoms with Gasteiger partial charge in [-0.3, -0.25) is 24.6 Å². The first kappa shape index (κ1) is 27.9. The molecule has 186 valence electrons. The molecule has 0 saturated carbocycles. The molecule has 2 aromatic heterocycles. The minimum atomic E-state index is -0.304. The van der Waals surface area contributed by atoms with Crippen LogP contribution in [-0.4, -0.2) is 71.0 Å². The van der Waals surface area contributed by atoms with Crippen LogP contribution in [-0.2, 0) is 17.9 Å². The number of nitriles is 2. The van der Waals surface area contributed by atoms with E-state index in [-0.39, 0.29) is 11.9 Å². The Morgan fingerprint density at radius 1 is 0.886 bits per heavy atom. The van der Waals surface area contributed by atoms with Gasteiger partial charge in [0.15, 0.2) is 0 Å². The fourth-order valence-electron chi connectivity index (χ4n) is 3.61. The van der Waals surface area contributed by atoms with E-state index in [1.165, 1.54) is 0 Å². The Kier molecular flexibility index (Phi) is 13.6. The van der Waals surface area contributed by atoms with Crippen molar-refractivity contribution in [2.24, 2.45) is 0 Å². The van der Waals surface area contributed by atoms with Crippen molar-refractivity contribution in [2.45, 2.75) is 45.3 Å². The van der Waals surface area contributed by atoms with Crippen LogP contribution in [0.25, 0.3) is 0 Å². The number of rotatable bonds is 17. The van der Waals surface area contributed by atoms with E-state index < -0.39 is 0 Å². The third kappa shape index (κ3) is 12.1. The van der Waals surface area contributed by atoms with Crippen LogP contribution in [0.4, 0.5) is 0 Å². The van der Waals surface area contributed by atoms with Gasteiger partial charge in [0.2, 0.25) is 5.91 Å². The van der Waals surface area contributed by atoms with Crippen molar-refractivity contribution >= 4 is 5.91 Å². The largest absolute Gasteiger partial charge is 0.353 e. The zero-order valence-corrected chi connectivity index (χ0v) is 20.6. The van der Waals surface area contributed by atoms with Gasteiger partial charge in [-0.05, 0) is 44.2 Å². The highest BCUT2D eigenvalue weighted by molar-refractivity contribution is 5.81. The average molecular weight is 477 g/mol. The summed E-state index contributed by atoms with van der Waals surface area (Å²) in [5, 5.41) is 23.8.